The first-order valence-corrected chi connectivity index (χ1v) is 6.02. The Kier molecular flexibility index (Phi) is 6.22. The van der Waals surface area contributed by atoms with Crippen molar-refractivity contribution in [1.82, 2.24) is 4.90 Å². The summed E-state index contributed by atoms with van der Waals surface area (Å²) in [6.45, 7) is 0.601. The molecule has 0 saturated carbocycles. The van der Waals surface area contributed by atoms with Gasteiger partial charge in [0.2, 0.25) is 0 Å². The van der Waals surface area contributed by atoms with E-state index in [4.69, 9.17) is 5.11 Å². The monoisotopic (exact) mass is 255 g/mol. The Labute approximate surface area is 99.5 Å². The smallest absolute Gasteiger partial charge is 0.396 e. The lowest BCUT2D eigenvalue weighted by Gasteiger charge is -2.24. The molecule has 1 fully saturated rings. The van der Waals surface area contributed by atoms with E-state index in [1.54, 1.807) is 0 Å². The maximum absolute atomic E-state index is 11.8. The molecule has 17 heavy (non-hydrogen) atoms. The van der Waals surface area contributed by atoms with Gasteiger partial charge in [-0.15, -0.1) is 0 Å². The van der Waals surface area contributed by atoms with Crippen LogP contribution in [0.4, 0.5) is 13.2 Å². The number of hydrogen-bond acceptors (Lipinski definition) is 3. The predicted molar refractivity (Wildman–Crippen MR) is 57.8 cm³/mol. The molecule has 102 valence electrons. The van der Waals surface area contributed by atoms with E-state index < -0.39 is 12.8 Å². The normalized spacial score (nSPS) is 22.2. The van der Waals surface area contributed by atoms with Crippen molar-refractivity contribution in [2.45, 2.75) is 37.9 Å². The zero-order valence-corrected chi connectivity index (χ0v) is 9.88. The molecule has 1 saturated heterocycles. The summed E-state index contributed by atoms with van der Waals surface area (Å²) in [6, 6.07) is 0.400. The van der Waals surface area contributed by atoms with Crippen molar-refractivity contribution in [1.29, 1.82) is 0 Å². The Morgan fingerprint density at radius 1 is 1.35 bits per heavy atom. The number of ether oxygens (including phenoxy) is 1. The first-order chi connectivity index (χ1) is 8.03. The molecule has 0 aromatic carbocycles. The van der Waals surface area contributed by atoms with Crippen LogP contribution in [0.15, 0.2) is 0 Å². The van der Waals surface area contributed by atoms with Crippen LogP contribution in [-0.4, -0.2) is 55.1 Å². The van der Waals surface area contributed by atoms with Gasteiger partial charge in [0, 0.05) is 19.2 Å². The second-order valence-corrected chi connectivity index (χ2v) is 4.37. The van der Waals surface area contributed by atoms with E-state index in [1.165, 1.54) is 0 Å². The number of rotatable bonds is 7. The number of likely N-dealkylation sites (tertiary alicyclic amines) is 1. The number of alkyl halides is 3. The van der Waals surface area contributed by atoms with E-state index in [9.17, 15) is 13.2 Å². The fraction of sp³-hybridized carbons (Fsp3) is 1.00. The molecule has 1 atom stereocenters. The maximum atomic E-state index is 11.8. The van der Waals surface area contributed by atoms with Gasteiger partial charge in [0.1, 0.15) is 6.61 Å². The standard InChI is InChI=1S/C11H20F3NO2/c12-11(13,14)9-17-8-6-15-5-1-3-10(15)4-2-7-16/h10,16H,1-9H2. The van der Waals surface area contributed by atoms with Crippen molar-refractivity contribution in [2.24, 2.45) is 0 Å². The minimum atomic E-state index is -4.23. The summed E-state index contributed by atoms with van der Waals surface area (Å²) in [5.74, 6) is 0. The number of halogens is 3. The van der Waals surface area contributed by atoms with Gasteiger partial charge in [0.05, 0.1) is 6.61 Å². The highest BCUT2D eigenvalue weighted by Gasteiger charge is 2.28. The third kappa shape index (κ3) is 6.24. The van der Waals surface area contributed by atoms with Crippen LogP contribution in [0.25, 0.3) is 0 Å². The van der Waals surface area contributed by atoms with Gasteiger partial charge >= 0.3 is 6.18 Å². The van der Waals surface area contributed by atoms with Crippen LogP contribution in [0.3, 0.4) is 0 Å². The Hall–Kier alpha value is -0.330. The number of nitrogens with zero attached hydrogens (tertiary/aromatic N) is 1. The second kappa shape index (κ2) is 7.18. The first-order valence-electron chi connectivity index (χ1n) is 6.02. The molecule has 1 aliphatic heterocycles. The van der Waals surface area contributed by atoms with E-state index in [2.05, 4.69) is 9.64 Å². The van der Waals surface area contributed by atoms with Gasteiger partial charge in [-0.05, 0) is 32.2 Å². The van der Waals surface area contributed by atoms with Crippen LogP contribution in [0.1, 0.15) is 25.7 Å². The van der Waals surface area contributed by atoms with E-state index in [0.29, 0.717) is 12.6 Å². The van der Waals surface area contributed by atoms with Crippen LogP contribution in [0, 0.1) is 0 Å². The summed E-state index contributed by atoms with van der Waals surface area (Å²) in [5.41, 5.74) is 0. The third-order valence-electron chi connectivity index (χ3n) is 2.98. The van der Waals surface area contributed by atoms with Gasteiger partial charge < -0.3 is 9.84 Å². The van der Waals surface area contributed by atoms with Crippen LogP contribution in [0.2, 0.25) is 0 Å². The quantitative estimate of drug-likeness (QED) is 0.704. The van der Waals surface area contributed by atoms with E-state index in [0.717, 1.165) is 32.2 Å². The lowest BCUT2D eigenvalue weighted by atomic mass is 10.1. The van der Waals surface area contributed by atoms with E-state index >= 15 is 0 Å². The molecule has 1 rings (SSSR count). The van der Waals surface area contributed by atoms with E-state index in [1.807, 2.05) is 0 Å². The second-order valence-electron chi connectivity index (χ2n) is 4.37. The Bertz CT molecular complexity index is 211. The Balaban J connectivity index is 2.13. The molecule has 0 aromatic rings. The Morgan fingerprint density at radius 3 is 2.76 bits per heavy atom. The third-order valence-corrected chi connectivity index (χ3v) is 2.98. The van der Waals surface area contributed by atoms with Crippen molar-refractivity contribution >= 4 is 0 Å². The number of aliphatic hydroxyl groups excluding tert-OH is 1. The lowest BCUT2D eigenvalue weighted by molar-refractivity contribution is -0.174. The molecular formula is C11H20F3NO2. The van der Waals surface area contributed by atoms with Crippen molar-refractivity contribution < 1.29 is 23.0 Å². The summed E-state index contributed by atoms with van der Waals surface area (Å²) < 4.78 is 40.1. The van der Waals surface area contributed by atoms with Crippen LogP contribution >= 0.6 is 0 Å². The van der Waals surface area contributed by atoms with Crippen molar-refractivity contribution in [3.8, 4) is 0 Å². The van der Waals surface area contributed by atoms with Crippen molar-refractivity contribution in [3.63, 3.8) is 0 Å². The SMILES string of the molecule is OCCCC1CCCN1CCOCC(F)(F)F. The number of aliphatic hydroxyl groups is 1. The fourth-order valence-electron chi connectivity index (χ4n) is 2.21. The molecule has 0 radical (unpaired) electrons. The van der Waals surface area contributed by atoms with Gasteiger partial charge in [-0.3, -0.25) is 4.90 Å². The first kappa shape index (κ1) is 14.7. The predicted octanol–water partition coefficient (Wildman–Crippen LogP) is 1.80. The number of hydrogen-bond donors (Lipinski definition) is 1. The topological polar surface area (TPSA) is 32.7 Å². The summed E-state index contributed by atoms with van der Waals surface area (Å²) in [6.07, 6.45) is -0.420. The molecule has 1 heterocycles. The maximum Gasteiger partial charge on any atom is 0.411 e. The molecule has 0 bridgehead atoms. The highest BCUT2D eigenvalue weighted by atomic mass is 19.4. The summed E-state index contributed by atoms with van der Waals surface area (Å²) in [4.78, 5) is 2.16. The molecule has 0 spiro atoms. The van der Waals surface area contributed by atoms with Crippen molar-refractivity contribution in [2.75, 3.05) is 32.9 Å². The minimum Gasteiger partial charge on any atom is -0.396 e. The highest BCUT2D eigenvalue weighted by Crippen LogP contribution is 2.21. The molecule has 0 amide bonds. The largest absolute Gasteiger partial charge is 0.411 e. The van der Waals surface area contributed by atoms with Gasteiger partial charge in [0.15, 0.2) is 0 Å². The van der Waals surface area contributed by atoms with Gasteiger partial charge in [0.25, 0.3) is 0 Å². The average Bonchev–Trinajstić information content (AvgIpc) is 2.67. The Morgan fingerprint density at radius 2 is 2.12 bits per heavy atom. The molecule has 1 aliphatic rings. The van der Waals surface area contributed by atoms with Gasteiger partial charge in [-0.25, -0.2) is 0 Å². The lowest BCUT2D eigenvalue weighted by Crippen LogP contribution is -2.33. The zero-order chi connectivity index (χ0) is 12.7. The van der Waals surface area contributed by atoms with Crippen LogP contribution < -0.4 is 0 Å². The summed E-state index contributed by atoms with van der Waals surface area (Å²) in [7, 11) is 0. The molecular weight excluding hydrogens is 235 g/mol. The fourth-order valence-corrected chi connectivity index (χ4v) is 2.21. The zero-order valence-electron chi connectivity index (χ0n) is 9.88. The van der Waals surface area contributed by atoms with Gasteiger partial charge in [-0.2, -0.15) is 13.2 Å². The molecule has 0 aromatic heterocycles. The summed E-state index contributed by atoms with van der Waals surface area (Å²) in [5, 5.41) is 8.75. The molecule has 0 aliphatic carbocycles. The van der Waals surface area contributed by atoms with Gasteiger partial charge in [-0.1, -0.05) is 0 Å². The summed E-state index contributed by atoms with van der Waals surface area (Å²) >= 11 is 0. The van der Waals surface area contributed by atoms with E-state index in [-0.39, 0.29) is 13.2 Å². The van der Waals surface area contributed by atoms with Crippen molar-refractivity contribution in [3.05, 3.63) is 0 Å². The van der Waals surface area contributed by atoms with Crippen LogP contribution in [0.5, 0.6) is 0 Å². The molecule has 1 unspecified atom stereocenters. The minimum absolute atomic E-state index is 0.120. The highest BCUT2D eigenvalue weighted by molar-refractivity contribution is 4.78. The molecule has 1 N–H and O–H groups in total. The average molecular weight is 255 g/mol. The molecule has 3 nitrogen and oxygen atoms in total. The molecule has 6 heteroatoms. The van der Waals surface area contributed by atoms with Crippen LogP contribution in [-0.2, 0) is 4.74 Å².